The Morgan fingerprint density at radius 1 is 1.31 bits per heavy atom. The van der Waals surface area contributed by atoms with Crippen molar-refractivity contribution in [3.63, 3.8) is 0 Å². The highest BCUT2D eigenvalue weighted by atomic mass is 31.0. The molecule has 0 spiro atoms. The summed E-state index contributed by atoms with van der Waals surface area (Å²) in [5, 5.41) is 0. The van der Waals surface area contributed by atoms with Gasteiger partial charge in [0.2, 0.25) is 0 Å². The molecule has 1 fully saturated rings. The van der Waals surface area contributed by atoms with Gasteiger partial charge in [-0.05, 0) is 33.7 Å². The minimum atomic E-state index is -2.60. The summed E-state index contributed by atoms with van der Waals surface area (Å²) >= 11 is 0. The van der Waals surface area contributed by atoms with Crippen molar-refractivity contribution in [3.05, 3.63) is 0 Å². The van der Waals surface area contributed by atoms with Gasteiger partial charge in [0.05, 0.1) is 0 Å². The van der Waals surface area contributed by atoms with Crippen LogP contribution in [0.15, 0.2) is 0 Å². The number of rotatable bonds is 1. The van der Waals surface area contributed by atoms with Gasteiger partial charge in [-0.25, -0.2) is 8.78 Å². The van der Waals surface area contributed by atoms with E-state index in [0.29, 0.717) is 13.0 Å². The summed E-state index contributed by atoms with van der Waals surface area (Å²) in [6, 6.07) is 0. The van der Waals surface area contributed by atoms with Crippen molar-refractivity contribution in [3.8, 4) is 0 Å². The third-order valence-corrected chi connectivity index (χ3v) is 3.15. The summed E-state index contributed by atoms with van der Waals surface area (Å²) < 4.78 is 25.9. The minimum Gasteiger partial charge on any atom is -0.298 e. The molecule has 0 radical (unpaired) electrons. The third kappa shape index (κ3) is 2.85. The molecule has 0 aromatic carbocycles. The van der Waals surface area contributed by atoms with E-state index in [-0.39, 0.29) is 5.54 Å². The summed E-state index contributed by atoms with van der Waals surface area (Å²) in [5.41, 5.74) is -2.58. The molecule has 1 heterocycles. The molecule has 0 aromatic heterocycles. The maximum atomic E-state index is 12.9. The molecule has 0 saturated carbocycles. The van der Waals surface area contributed by atoms with Crippen molar-refractivity contribution >= 4 is 9.24 Å². The molecule has 0 bridgehead atoms. The minimum absolute atomic E-state index is 0.0185. The molecule has 78 valence electrons. The average Bonchev–Trinajstić information content (AvgIpc) is 2.28. The molecule has 13 heavy (non-hydrogen) atoms. The van der Waals surface area contributed by atoms with Gasteiger partial charge in [0.15, 0.2) is 0 Å². The molecule has 1 saturated heterocycles. The number of alkyl halides is 2. The van der Waals surface area contributed by atoms with E-state index in [0.717, 1.165) is 6.54 Å². The van der Waals surface area contributed by atoms with Gasteiger partial charge in [0, 0.05) is 18.0 Å². The fourth-order valence-corrected chi connectivity index (χ4v) is 1.96. The van der Waals surface area contributed by atoms with Gasteiger partial charge in [0.1, 0.15) is 0 Å². The van der Waals surface area contributed by atoms with Crippen LogP contribution < -0.4 is 0 Å². The smallest absolute Gasteiger partial charge is 0.263 e. The molecule has 1 nitrogen and oxygen atoms in total. The Bertz CT molecular complexity index is 163. The molecule has 2 atom stereocenters. The number of likely N-dealkylation sites (tertiary alicyclic amines) is 1. The van der Waals surface area contributed by atoms with Crippen LogP contribution in [0.1, 0.15) is 27.2 Å². The third-order valence-electron chi connectivity index (χ3n) is 2.68. The zero-order valence-electron chi connectivity index (χ0n) is 8.48. The standard InChI is InChI=1S/C9H18F2NP/c1-8(2,3)12-5-4-7(6-12)9(10,11)13/h7H,4-6,13H2,1-3H3/t7-/m1/s1. The topological polar surface area (TPSA) is 3.24 Å². The summed E-state index contributed by atoms with van der Waals surface area (Å²) in [7, 11) is 1.66. The second-order valence-corrected chi connectivity index (χ2v) is 5.55. The number of hydrogen-bond donors (Lipinski definition) is 0. The first kappa shape index (κ1) is 11.3. The van der Waals surface area contributed by atoms with Gasteiger partial charge in [-0.1, -0.05) is 9.24 Å². The Labute approximate surface area is 81.1 Å². The van der Waals surface area contributed by atoms with Crippen LogP contribution in [0.25, 0.3) is 0 Å². The second-order valence-electron chi connectivity index (χ2n) is 4.78. The quantitative estimate of drug-likeness (QED) is 0.600. The lowest BCUT2D eigenvalue weighted by atomic mass is 10.1. The van der Waals surface area contributed by atoms with Crippen LogP contribution in [0.2, 0.25) is 0 Å². The van der Waals surface area contributed by atoms with Gasteiger partial charge in [-0.2, -0.15) is 0 Å². The maximum Gasteiger partial charge on any atom is 0.263 e. The molecule has 0 aliphatic carbocycles. The van der Waals surface area contributed by atoms with Gasteiger partial charge >= 0.3 is 0 Å². The van der Waals surface area contributed by atoms with Crippen LogP contribution in [0.4, 0.5) is 8.78 Å². The zero-order chi connectivity index (χ0) is 10.3. The van der Waals surface area contributed by atoms with Crippen molar-refractivity contribution in [2.45, 2.75) is 38.4 Å². The molecule has 0 amide bonds. The highest BCUT2D eigenvalue weighted by molar-refractivity contribution is 7.18. The Kier molecular flexibility index (Phi) is 2.99. The van der Waals surface area contributed by atoms with E-state index in [9.17, 15) is 8.78 Å². The molecule has 0 N–H and O–H groups in total. The summed E-state index contributed by atoms with van der Waals surface area (Å²) in [4.78, 5) is 2.12. The lowest BCUT2D eigenvalue weighted by Gasteiger charge is -2.32. The number of nitrogens with zero attached hydrogens (tertiary/aromatic N) is 1. The van der Waals surface area contributed by atoms with Crippen LogP contribution in [-0.2, 0) is 0 Å². The van der Waals surface area contributed by atoms with Gasteiger partial charge in [0.25, 0.3) is 5.66 Å². The number of halogens is 2. The fraction of sp³-hybridized carbons (Fsp3) is 1.00. The summed E-state index contributed by atoms with van der Waals surface area (Å²) in [6.45, 7) is 7.50. The molecule has 0 aromatic rings. The lowest BCUT2D eigenvalue weighted by Crippen LogP contribution is -2.40. The monoisotopic (exact) mass is 209 g/mol. The van der Waals surface area contributed by atoms with E-state index in [4.69, 9.17) is 0 Å². The molecule has 1 unspecified atom stereocenters. The van der Waals surface area contributed by atoms with Crippen molar-refractivity contribution in [1.82, 2.24) is 4.90 Å². The maximum absolute atomic E-state index is 12.9. The molecule has 1 aliphatic heterocycles. The first-order valence-electron chi connectivity index (χ1n) is 4.63. The van der Waals surface area contributed by atoms with Crippen molar-refractivity contribution in [2.75, 3.05) is 13.1 Å². The van der Waals surface area contributed by atoms with Gasteiger partial charge in [-0.15, -0.1) is 0 Å². The molecule has 4 heteroatoms. The molecular weight excluding hydrogens is 191 g/mol. The van der Waals surface area contributed by atoms with Crippen LogP contribution in [-0.4, -0.2) is 29.2 Å². The fourth-order valence-electron chi connectivity index (χ4n) is 1.68. The second kappa shape index (κ2) is 3.43. The van der Waals surface area contributed by atoms with Crippen molar-refractivity contribution in [2.24, 2.45) is 5.92 Å². The van der Waals surface area contributed by atoms with Gasteiger partial charge in [-0.3, -0.25) is 4.90 Å². The van der Waals surface area contributed by atoms with E-state index in [1.807, 2.05) is 0 Å². The summed E-state index contributed by atoms with van der Waals surface area (Å²) in [5.74, 6) is -0.489. The number of hydrogen-bond acceptors (Lipinski definition) is 1. The molecule has 1 rings (SSSR count). The van der Waals surface area contributed by atoms with E-state index < -0.39 is 11.6 Å². The summed E-state index contributed by atoms with van der Waals surface area (Å²) in [6.07, 6.45) is 0.605. The predicted octanol–water partition coefficient (Wildman–Crippen LogP) is 2.57. The van der Waals surface area contributed by atoms with Crippen LogP contribution in [0, 0.1) is 5.92 Å². The SMILES string of the molecule is CC(C)(C)N1CC[C@@H](C(F)(F)P)C1. The van der Waals surface area contributed by atoms with Crippen molar-refractivity contribution in [1.29, 1.82) is 0 Å². The van der Waals surface area contributed by atoms with Gasteiger partial charge < -0.3 is 0 Å². The zero-order valence-corrected chi connectivity index (χ0v) is 9.63. The highest BCUT2D eigenvalue weighted by Crippen LogP contribution is 2.39. The largest absolute Gasteiger partial charge is 0.298 e. The average molecular weight is 209 g/mol. The van der Waals surface area contributed by atoms with Crippen LogP contribution >= 0.6 is 9.24 Å². The van der Waals surface area contributed by atoms with E-state index >= 15 is 0 Å². The first-order chi connectivity index (χ1) is 5.71. The predicted molar refractivity (Wildman–Crippen MR) is 54.1 cm³/mol. The van der Waals surface area contributed by atoms with E-state index in [2.05, 4.69) is 25.7 Å². The molecular formula is C9H18F2NP. The Morgan fingerprint density at radius 3 is 2.08 bits per heavy atom. The van der Waals surface area contributed by atoms with Crippen molar-refractivity contribution < 1.29 is 8.78 Å². The van der Waals surface area contributed by atoms with Crippen LogP contribution in [0.3, 0.4) is 0 Å². The van der Waals surface area contributed by atoms with E-state index in [1.54, 1.807) is 9.24 Å². The van der Waals surface area contributed by atoms with E-state index in [1.165, 1.54) is 0 Å². The Balaban J connectivity index is 2.55. The molecule has 1 aliphatic rings. The normalized spacial score (nSPS) is 26.8. The first-order valence-corrected chi connectivity index (χ1v) is 5.21. The highest BCUT2D eigenvalue weighted by Gasteiger charge is 2.41. The lowest BCUT2D eigenvalue weighted by molar-refractivity contribution is 0.0345. The Hall–Kier alpha value is 0.250. The Morgan fingerprint density at radius 2 is 1.85 bits per heavy atom. The van der Waals surface area contributed by atoms with Crippen LogP contribution in [0.5, 0.6) is 0 Å².